The normalized spacial score (nSPS) is 14.3. The van der Waals surface area contributed by atoms with Crippen LogP contribution in [-0.4, -0.2) is 54.5 Å². The maximum Gasteiger partial charge on any atom is 0.163 e. The molecule has 0 unspecified atom stereocenters. The molecule has 0 spiro atoms. The molecule has 4 aromatic rings. The molecule has 1 N–H and O–H groups in total. The fraction of sp³-hybridized carbons (Fsp3) is 0.323. The number of methoxy groups -OCH3 is 1. The van der Waals surface area contributed by atoms with Crippen LogP contribution in [0.5, 0.6) is 11.5 Å². The largest absolute Gasteiger partial charge is 0.493 e. The van der Waals surface area contributed by atoms with Crippen molar-refractivity contribution in [3.63, 3.8) is 0 Å². The van der Waals surface area contributed by atoms with Gasteiger partial charge in [0, 0.05) is 24.3 Å². The minimum absolute atomic E-state index is 0.0315. The molecule has 7 nitrogen and oxygen atoms in total. The van der Waals surface area contributed by atoms with Gasteiger partial charge in [-0.25, -0.2) is 14.4 Å². The SMILES string of the molecule is COc1cc2c(Nc3ccc(CC(=O)Cc4ccccc4)cc3F)ncnc2cc1OCC1CCN(C)CC1. The molecular formula is C31H33FN4O3. The minimum Gasteiger partial charge on any atom is -0.493 e. The summed E-state index contributed by atoms with van der Waals surface area (Å²) in [5.41, 5.74) is 2.49. The van der Waals surface area contributed by atoms with Crippen LogP contribution in [0.2, 0.25) is 0 Å². The quantitative estimate of drug-likeness (QED) is 0.287. The standard InChI is InChI=1S/C31H33FN4O3/c1-36-12-10-22(11-13-36)19-39-30-18-28-25(17-29(30)38-2)31(34-20-33-28)35-27-9-8-23(16-26(27)32)15-24(37)14-21-6-4-3-5-7-21/h3-9,16-18,20,22H,10-15,19H2,1-2H3,(H,33,34,35). The van der Waals surface area contributed by atoms with Crippen LogP contribution in [0.1, 0.15) is 24.0 Å². The molecule has 0 aliphatic carbocycles. The van der Waals surface area contributed by atoms with Crippen molar-refractivity contribution >= 4 is 28.2 Å². The first-order valence-electron chi connectivity index (χ1n) is 13.2. The number of likely N-dealkylation sites (tertiary alicyclic amines) is 1. The van der Waals surface area contributed by atoms with Crippen molar-refractivity contribution in [2.45, 2.75) is 25.7 Å². The van der Waals surface area contributed by atoms with Crippen LogP contribution >= 0.6 is 0 Å². The monoisotopic (exact) mass is 528 g/mol. The van der Waals surface area contributed by atoms with Gasteiger partial charge < -0.3 is 19.7 Å². The van der Waals surface area contributed by atoms with E-state index in [0.29, 0.717) is 52.7 Å². The molecule has 1 aromatic heterocycles. The van der Waals surface area contributed by atoms with Crippen molar-refractivity contribution in [1.29, 1.82) is 0 Å². The number of rotatable bonds is 10. The van der Waals surface area contributed by atoms with Gasteiger partial charge in [-0.15, -0.1) is 0 Å². The lowest BCUT2D eigenvalue weighted by Crippen LogP contribution is -2.32. The summed E-state index contributed by atoms with van der Waals surface area (Å²) in [5, 5.41) is 3.77. The van der Waals surface area contributed by atoms with E-state index >= 15 is 4.39 Å². The van der Waals surface area contributed by atoms with Crippen molar-refractivity contribution in [3.8, 4) is 11.5 Å². The molecule has 0 radical (unpaired) electrons. The van der Waals surface area contributed by atoms with Crippen molar-refractivity contribution < 1.29 is 18.7 Å². The summed E-state index contributed by atoms with van der Waals surface area (Å²) in [7, 11) is 3.74. The number of aromatic nitrogens is 2. The smallest absolute Gasteiger partial charge is 0.163 e. The highest BCUT2D eigenvalue weighted by molar-refractivity contribution is 5.93. The van der Waals surface area contributed by atoms with Gasteiger partial charge in [0.1, 0.15) is 23.7 Å². The van der Waals surface area contributed by atoms with E-state index in [4.69, 9.17) is 9.47 Å². The first-order chi connectivity index (χ1) is 19.0. The molecule has 202 valence electrons. The fourth-order valence-electron chi connectivity index (χ4n) is 4.88. The van der Waals surface area contributed by atoms with E-state index < -0.39 is 5.82 Å². The van der Waals surface area contributed by atoms with Crippen molar-refractivity contribution in [3.05, 3.63) is 83.9 Å². The Bertz CT molecular complexity index is 1440. The Morgan fingerprint density at radius 1 is 1.00 bits per heavy atom. The number of piperidine rings is 1. The molecule has 0 atom stereocenters. The Kier molecular flexibility index (Phi) is 8.32. The summed E-state index contributed by atoms with van der Waals surface area (Å²) >= 11 is 0. The lowest BCUT2D eigenvalue weighted by atomic mass is 9.98. The van der Waals surface area contributed by atoms with Gasteiger partial charge >= 0.3 is 0 Å². The van der Waals surface area contributed by atoms with Crippen LogP contribution in [0, 0.1) is 11.7 Å². The van der Waals surface area contributed by atoms with Gasteiger partial charge in [-0.2, -0.15) is 0 Å². The van der Waals surface area contributed by atoms with Gasteiger partial charge in [-0.05, 0) is 68.2 Å². The van der Waals surface area contributed by atoms with Crippen LogP contribution in [-0.2, 0) is 17.6 Å². The molecule has 1 saturated heterocycles. The predicted molar refractivity (Wildman–Crippen MR) is 150 cm³/mol. The third kappa shape index (κ3) is 6.70. The summed E-state index contributed by atoms with van der Waals surface area (Å²) in [6, 6.07) is 18.0. The summed E-state index contributed by atoms with van der Waals surface area (Å²) in [5.74, 6) is 1.72. The molecular weight excluding hydrogens is 495 g/mol. The van der Waals surface area contributed by atoms with Crippen molar-refractivity contribution in [2.75, 3.05) is 39.2 Å². The summed E-state index contributed by atoms with van der Waals surface area (Å²) in [4.78, 5) is 23.6. The zero-order valence-electron chi connectivity index (χ0n) is 22.3. The number of halogens is 1. The fourth-order valence-corrected chi connectivity index (χ4v) is 4.88. The minimum atomic E-state index is -0.461. The van der Waals surface area contributed by atoms with E-state index in [1.54, 1.807) is 19.2 Å². The molecule has 39 heavy (non-hydrogen) atoms. The zero-order valence-corrected chi connectivity index (χ0v) is 22.3. The highest BCUT2D eigenvalue weighted by atomic mass is 19.1. The second-order valence-electron chi connectivity index (χ2n) is 10.1. The Labute approximate surface area is 228 Å². The van der Waals surface area contributed by atoms with E-state index in [1.807, 2.05) is 42.5 Å². The number of hydrogen-bond donors (Lipinski definition) is 1. The average molecular weight is 529 g/mol. The number of benzene rings is 3. The average Bonchev–Trinajstić information content (AvgIpc) is 2.94. The molecule has 3 aromatic carbocycles. The van der Waals surface area contributed by atoms with Crippen LogP contribution in [0.4, 0.5) is 15.9 Å². The number of carbonyl (C=O) groups is 1. The van der Waals surface area contributed by atoms with Gasteiger partial charge in [0.25, 0.3) is 0 Å². The van der Waals surface area contributed by atoms with E-state index in [2.05, 4.69) is 27.2 Å². The van der Waals surface area contributed by atoms with Gasteiger partial charge in [-0.1, -0.05) is 36.4 Å². The topological polar surface area (TPSA) is 76.6 Å². The highest BCUT2D eigenvalue weighted by Gasteiger charge is 2.19. The molecule has 2 heterocycles. The lowest BCUT2D eigenvalue weighted by Gasteiger charge is -2.28. The van der Waals surface area contributed by atoms with Crippen LogP contribution in [0.25, 0.3) is 10.9 Å². The van der Waals surface area contributed by atoms with Gasteiger partial charge in [0.15, 0.2) is 11.5 Å². The Balaban J connectivity index is 1.29. The van der Waals surface area contributed by atoms with Crippen molar-refractivity contribution in [1.82, 2.24) is 14.9 Å². The lowest BCUT2D eigenvalue weighted by molar-refractivity contribution is -0.117. The molecule has 0 amide bonds. The number of ketones is 1. The first-order valence-corrected chi connectivity index (χ1v) is 13.2. The Hall–Kier alpha value is -4.04. The second kappa shape index (κ2) is 12.2. The van der Waals surface area contributed by atoms with Crippen molar-refractivity contribution in [2.24, 2.45) is 5.92 Å². The number of hydrogen-bond acceptors (Lipinski definition) is 7. The summed E-state index contributed by atoms with van der Waals surface area (Å²) in [6.07, 6.45) is 4.13. The van der Waals surface area contributed by atoms with E-state index in [-0.39, 0.29) is 17.9 Å². The second-order valence-corrected chi connectivity index (χ2v) is 10.1. The van der Waals surface area contributed by atoms with Crippen LogP contribution < -0.4 is 14.8 Å². The van der Waals surface area contributed by atoms with Crippen LogP contribution in [0.3, 0.4) is 0 Å². The molecule has 5 rings (SSSR count). The molecule has 1 fully saturated rings. The van der Waals surface area contributed by atoms with Gasteiger partial charge in [0.05, 0.1) is 24.9 Å². The number of fused-ring (bicyclic) bond motifs is 1. The van der Waals surface area contributed by atoms with E-state index in [9.17, 15) is 4.79 Å². The Morgan fingerprint density at radius 3 is 2.51 bits per heavy atom. The number of carbonyl (C=O) groups excluding carboxylic acids is 1. The molecule has 0 bridgehead atoms. The third-order valence-electron chi connectivity index (χ3n) is 7.17. The highest BCUT2D eigenvalue weighted by Crippen LogP contribution is 2.35. The van der Waals surface area contributed by atoms with Gasteiger partial charge in [0.2, 0.25) is 0 Å². The third-order valence-corrected chi connectivity index (χ3v) is 7.17. The number of anilines is 2. The number of ether oxygens (including phenoxy) is 2. The molecule has 8 heteroatoms. The maximum absolute atomic E-state index is 15.1. The van der Waals surface area contributed by atoms with Gasteiger partial charge in [-0.3, -0.25) is 4.79 Å². The summed E-state index contributed by atoms with van der Waals surface area (Å²) < 4.78 is 26.8. The summed E-state index contributed by atoms with van der Waals surface area (Å²) in [6.45, 7) is 2.77. The molecule has 1 aliphatic heterocycles. The van der Waals surface area contributed by atoms with E-state index in [0.717, 1.165) is 31.5 Å². The number of nitrogens with one attached hydrogen (secondary N) is 1. The zero-order chi connectivity index (χ0) is 27.2. The predicted octanol–water partition coefficient (Wildman–Crippen LogP) is 5.60. The van der Waals surface area contributed by atoms with E-state index in [1.165, 1.54) is 12.4 Å². The number of nitrogens with zero attached hydrogens (tertiary/aromatic N) is 3. The molecule has 0 saturated carbocycles. The number of Topliss-reactive ketones (excluding diaryl/α,β-unsaturated/α-hetero) is 1. The Morgan fingerprint density at radius 2 is 1.77 bits per heavy atom. The maximum atomic E-state index is 15.1. The molecule has 1 aliphatic rings. The van der Waals surface area contributed by atoms with Crippen LogP contribution in [0.15, 0.2) is 67.0 Å². The first kappa shape index (κ1) is 26.6.